The molecule has 0 aromatic carbocycles. The molecule has 116 valence electrons. The van der Waals surface area contributed by atoms with Gasteiger partial charge in [0, 0.05) is 6.42 Å². The van der Waals surface area contributed by atoms with Gasteiger partial charge >= 0.3 is 0 Å². The topological polar surface area (TPSA) is 53.5 Å². The molecule has 0 saturated carbocycles. The van der Waals surface area contributed by atoms with Gasteiger partial charge in [-0.3, -0.25) is 4.79 Å². The summed E-state index contributed by atoms with van der Waals surface area (Å²) in [5.41, 5.74) is 8.21. The van der Waals surface area contributed by atoms with Crippen molar-refractivity contribution in [2.75, 3.05) is 0 Å². The first kappa shape index (κ1) is 19.1. The van der Waals surface area contributed by atoms with Crippen LogP contribution in [0.5, 0.6) is 0 Å². The van der Waals surface area contributed by atoms with Crippen molar-refractivity contribution in [1.82, 2.24) is 0 Å². The summed E-state index contributed by atoms with van der Waals surface area (Å²) in [6.07, 6.45) is 17.9. The van der Waals surface area contributed by atoms with E-state index in [9.17, 15) is 4.79 Å². The van der Waals surface area contributed by atoms with E-state index in [4.69, 9.17) is 5.53 Å². The van der Waals surface area contributed by atoms with Crippen LogP contribution in [0.25, 0.3) is 5.53 Å². The van der Waals surface area contributed by atoms with Gasteiger partial charge in [0.15, 0.2) is 0 Å². The van der Waals surface area contributed by atoms with Crippen LogP contribution in [0.4, 0.5) is 0 Å². The van der Waals surface area contributed by atoms with E-state index in [1.807, 2.05) is 0 Å². The van der Waals surface area contributed by atoms with E-state index in [-0.39, 0.29) is 12.2 Å². The van der Waals surface area contributed by atoms with Crippen molar-refractivity contribution in [3.8, 4) is 0 Å². The van der Waals surface area contributed by atoms with Crippen LogP contribution in [0.3, 0.4) is 0 Å². The zero-order valence-electron chi connectivity index (χ0n) is 13.3. The molecule has 0 unspecified atom stereocenters. The van der Waals surface area contributed by atoms with Crippen LogP contribution in [0.15, 0.2) is 0 Å². The average Bonchev–Trinajstić information content (AvgIpc) is 2.46. The van der Waals surface area contributed by atoms with E-state index in [0.717, 1.165) is 12.8 Å². The first-order chi connectivity index (χ1) is 9.81. The van der Waals surface area contributed by atoms with Gasteiger partial charge in [0.05, 0.1) is 0 Å². The van der Waals surface area contributed by atoms with Gasteiger partial charge < -0.3 is 5.53 Å². The molecule has 0 saturated heterocycles. The second kappa shape index (κ2) is 16.1. The van der Waals surface area contributed by atoms with Gasteiger partial charge in [-0.1, -0.05) is 77.6 Å². The summed E-state index contributed by atoms with van der Waals surface area (Å²) < 4.78 is 0. The number of carbonyl (C=O) groups is 1. The molecule has 0 atom stereocenters. The molecule has 3 nitrogen and oxygen atoms in total. The Bertz CT molecular complexity index is 270. The van der Waals surface area contributed by atoms with Crippen LogP contribution >= 0.6 is 0 Å². The van der Waals surface area contributed by atoms with E-state index in [0.29, 0.717) is 6.42 Å². The quantitative estimate of drug-likeness (QED) is 0.173. The fraction of sp³-hybridized carbons (Fsp3) is 0.882. The first-order valence-electron chi connectivity index (χ1n) is 8.48. The zero-order valence-corrected chi connectivity index (χ0v) is 13.3. The smallest absolute Gasteiger partial charge is 0.264 e. The Morgan fingerprint density at radius 2 is 1.30 bits per heavy atom. The van der Waals surface area contributed by atoms with Gasteiger partial charge in [0.25, 0.3) is 6.21 Å². The predicted molar refractivity (Wildman–Crippen MR) is 85.0 cm³/mol. The lowest BCUT2D eigenvalue weighted by Gasteiger charge is -2.02. The number of Topliss-reactive ketones (excluding diaryl/α,β-unsaturated/α-hetero) is 1. The summed E-state index contributed by atoms with van der Waals surface area (Å²) in [7, 11) is 0. The largest absolute Gasteiger partial charge is 0.362 e. The van der Waals surface area contributed by atoms with Crippen molar-refractivity contribution in [3.05, 3.63) is 5.53 Å². The van der Waals surface area contributed by atoms with Crippen LogP contribution in [0.2, 0.25) is 0 Å². The molecule has 0 bridgehead atoms. The highest BCUT2D eigenvalue weighted by Crippen LogP contribution is 2.12. The highest BCUT2D eigenvalue weighted by molar-refractivity contribution is 5.89. The van der Waals surface area contributed by atoms with Gasteiger partial charge in [0.1, 0.15) is 12.2 Å². The van der Waals surface area contributed by atoms with Crippen LogP contribution in [0, 0.1) is 0 Å². The summed E-state index contributed by atoms with van der Waals surface area (Å²) in [6, 6.07) is 0. The second-order valence-electron chi connectivity index (χ2n) is 5.68. The second-order valence-corrected chi connectivity index (χ2v) is 5.68. The fourth-order valence-electron chi connectivity index (χ4n) is 2.41. The molecule has 0 aliphatic heterocycles. The Labute approximate surface area is 124 Å². The number of hydrogen-bond donors (Lipinski definition) is 0. The molecule has 20 heavy (non-hydrogen) atoms. The Morgan fingerprint density at radius 1 is 0.850 bits per heavy atom. The van der Waals surface area contributed by atoms with Crippen molar-refractivity contribution in [3.63, 3.8) is 0 Å². The molecule has 0 rings (SSSR count). The van der Waals surface area contributed by atoms with Crippen molar-refractivity contribution < 1.29 is 9.58 Å². The van der Waals surface area contributed by atoms with Crippen LogP contribution in [0.1, 0.15) is 96.8 Å². The number of carbonyl (C=O) groups excluding carboxylic acids is 1. The summed E-state index contributed by atoms with van der Waals surface area (Å²) >= 11 is 0. The zero-order chi connectivity index (χ0) is 14.9. The minimum atomic E-state index is 0.176. The van der Waals surface area contributed by atoms with Crippen LogP contribution in [-0.4, -0.2) is 16.8 Å². The van der Waals surface area contributed by atoms with Gasteiger partial charge in [-0.05, 0) is 6.42 Å². The Hall–Kier alpha value is -0.950. The minimum absolute atomic E-state index is 0.176. The number of nitrogens with zero attached hydrogens (tertiary/aromatic N) is 2. The van der Waals surface area contributed by atoms with Gasteiger partial charge in [-0.25, -0.2) is 0 Å². The molecule has 0 heterocycles. The highest BCUT2D eigenvalue weighted by atomic mass is 16.1. The van der Waals surface area contributed by atoms with Crippen molar-refractivity contribution in [2.24, 2.45) is 0 Å². The SMILES string of the molecule is CCCCCCCCCCCCCCC(=O)CC=[N+]=[N-]. The van der Waals surface area contributed by atoms with Crippen molar-refractivity contribution >= 4 is 12.0 Å². The molecule has 0 amide bonds. The molecule has 0 aromatic heterocycles. The molecule has 0 aromatic rings. The maximum absolute atomic E-state index is 11.3. The lowest BCUT2D eigenvalue weighted by atomic mass is 10.0. The van der Waals surface area contributed by atoms with E-state index in [2.05, 4.69) is 11.7 Å². The minimum Gasteiger partial charge on any atom is -0.362 e. The first-order valence-corrected chi connectivity index (χ1v) is 8.48. The summed E-state index contributed by atoms with van der Waals surface area (Å²) in [6.45, 7) is 2.26. The molecular weight excluding hydrogens is 248 g/mol. The average molecular weight is 280 g/mol. The number of ketones is 1. The summed E-state index contributed by atoms with van der Waals surface area (Å²) in [5, 5.41) is 0. The third-order valence-electron chi connectivity index (χ3n) is 3.71. The summed E-state index contributed by atoms with van der Waals surface area (Å²) in [5.74, 6) is 0.176. The van der Waals surface area contributed by atoms with E-state index in [1.165, 1.54) is 70.4 Å². The number of hydrogen-bond acceptors (Lipinski definition) is 1. The van der Waals surface area contributed by atoms with Crippen LogP contribution in [-0.2, 0) is 4.79 Å². The maximum Gasteiger partial charge on any atom is 0.264 e. The lowest BCUT2D eigenvalue weighted by molar-refractivity contribution is -0.118. The Morgan fingerprint density at radius 3 is 1.75 bits per heavy atom. The van der Waals surface area contributed by atoms with Gasteiger partial charge in [-0.15, -0.1) is 0 Å². The molecule has 0 radical (unpaired) electrons. The standard InChI is InChI=1S/C17H32N2O/c1-2-3-4-5-6-7-8-9-10-11-12-13-14-17(20)15-16-19-18/h16H,2-15H2,1H3. The van der Waals surface area contributed by atoms with E-state index < -0.39 is 0 Å². The molecule has 0 N–H and O–H groups in total. The van der Waals surface area contributed by atoms with Gasteiger partial charge in [-0.2, -0.15) is 4.79 Å². The fourth-order valence-corrected chi connectivity index (χ4v) is 2.41. The van der Waals surface area contributed by atoms with Crippen molar-refractivity contribution in [1.29, 1.82) is 0 Å². The molecule has 0 spiro atoms. The van der Waals surface area contributed by atoms with Crippen LogP contribution < -0.4 is 0 Å². The Balaban J connectivity index is 3.09. The van der Waals surface area contributed by atoms with Crippen molar-refractivity contribution in [2.45, 2.75) is 96.8 Å². The molecule has 0 aliphatic carbocycles. The van der Waals surface area contributed by atoms with E-state index in [1.54, 1.807) is 0 Å². The third-order valence-corrected chi connectivity index (χ3v) is 3.71. The molecule has 0 fully saturated rings. The maximum atomic E-state index is 11.3. The lowest BCUT2D eigenvalue weighted by Crippen LogP contribution is -1.98. The normalized spacial score (nSPS) is 10.2. The monoisotopic (exact) mass is 280 g/mol. The third kappa shape index (κ3) is 15.1. The van der Waals surface area contributed by atoms with Gasteiger partial charge in [0.2, 0.25) is 0 Å². The Kier molecular flexibility index (Phi) is 15.3. The van der Waals surface area contributed by atoms with E-state index >= 15 is 0 Å². The highest BCUT2D eigenvalue weighted by Gasteiger charge is 2.01. The molecule has 3 heteroatoms. The number of unbranched alkanes of at least 4 members (excludes halogenated alkanes) is 11. The molecular formula is C17H32N2O. The summed E-state index contributed by atoms with van der Waals surface area (Å²) in [4.78, 5) is 14.1. The predicted octanol–water partition coefficient (Wildman–Crippen LogP) is 5.34. The molecule has 0 aliphatic rings. The number of rotatable bonds is 15.